The Morgan fingerprint density at radius 1 is 1.26 bits per heavy atom. The second-order valence-corrected chi connectivity index (χ2v) is 5.13. The van der Waals surface area contributed by atoms with Crippen LogP contribution in [0.25, 0.3) is 0 Å². The van der Waals surface area contributed by atoms with E-state index in [-0.39, 0.29) is 30.6 Å². The minimum atomic E-state index is -0.661. The molecule has 3 N–H and O–H groups in total. The molecule has 0 fully saturated rings. The van der Waals surface area contributed by atoms with Crippen molar-refractivity contribution in [2.24, 2.45) is 0 Å². The molecule has 0 spiro atoms. The highest BCUT2D eigenvalue weighted by Crippen LogP contribution is 2.14. The number of nitrogens with zero attached hydrogens (tertiary/aromatic N) is 3. The van der Waals surface area contributed by atoms with E-state index in [1.54, 1.807) is 6.92 Å². The fourth-order valence-electron chi connectivity index (χ4n) is 2.17. The number of ether oxygens (including phenoxy) is 1. The van der Waals surface area contributed by atoms with Gasteiger partial charge < -0.3 is 15.8 Å². The van der Waals surface area contributed by atoms with Crippen LogP contribution in [0.5, 0.6) is 0 Å². The Labute approximate surface area is 133 Å². The number of aromatic nitrogens is 3. The second kappa shape index (κ2) is 6.91. The van der Waals surface area contributed by atoms with Crippen molar-refractivity contribution in [3.05, 3.63) is 35.0 Å². The Hall–Kier alpha value is -2.90. The lowest BCUT2D eigenvalue weighted by molar-refractivity contribution is -0.116. The summed E-state index contributed by atoms with van der Waals surface area (Å²) in [5.74, 6) is -0.980. The molecule has 0 aliphatic rings. The summed E-state index contributed by atoms with van der Waals surface area (Å²) in [5, 5.41) is 10.1. The summed E-state index contributed by atoms with van der Waals surface area (Å²) in [6.45, 7) is 5.63. The second-order valence-electron chi connectivity index (χ2n) is 5.13. The Morgan fingerprint density at radius 3 is 2.52 bits per heavy atom. The number of nitrogens with one attached hydrogen (secondary N) is 1. The minimum Gasteiger partial charge on any atom is -0.461 e. The largest absolute Gasteiger partial charge is 0.461 e. The molecule has 0 radical (unpaired) electrons. The Morgan fingerprint density at radius 2 is 1.91 bits per heavy atom. The highest BCUT2D eigenvalue weighted by molar-refractivity contribution is 5.93. The van der Waals surface area contributed by atoms with Crippen LogP contribution in [0.3, 0.4) is 0 Å². The van der Waals surface area contributed by atoms with Gasteiger partial charge in [-0.2, -0.15) is 0 Å². The van der Waals surface area contributed by atoms with Crippen LogP contribution < -0.4 is 11.1 Å². The molecule has 0 atom stereocenters. The van der Waals surface area contributed by atoms with E-state index in [2.05, 4.69) is 15.6 Å². The van der Waals surface area contributed by atoms with Crippen LogP contribution in [0.4, 0.5) is 11.5 Å². The third-order valence-corrected chi connectivity index (χ3v) is 3.04. The van der Waals surface area contributed by atoms with Crippen molar-refractivity contribution >= 4 is 23.4 Å². The van der Waals surface area contributed by atoms with Crippen LogP contribution in [0, 0.1) is 13.8 Å². The summed E-state index contributed by atoms with van der Waals surface area (Å²) in [6, 6.07) is 5.73. The molecule has 0 aliphatic carbocycles. The predicted molar refractivity (Wildman–Crippen MR) is 84.9 cm³/mol. The Bertz CT molecular complexity index is 718. The zero-order chi connectivity index (χ0) is 17.0. The van der Waals surface area contributed by atoms with Gasteiger partial charge in [0.25, 0.3) is 0 Å². The van der Waals surface area contributed by atoms with E-state index >= 15 is 0 Å². The number of rotatable bonds is 5. The molecule has 0 unspecified atom stereocenters. The monoisotopic (exact) mass is 317 g/mol. The topological polar surface area (TPSA) is 112 Å². The summed E-state index contributed by atoms with van der Waals surface area (Å²) in [5.41, 5.74) is 8.47. The fraction of sp³-hybridized carbons (Fsp3) is 0.333. The molecule has 0 saturated heterocycles. The predicted octanol–water partition coefficient (Wildman–Crippen LogP) is 1.29. The third-order valence-electron chi connectivity index (χ3n) is 3.04. The first-order valence-corrected chi connectivity index (χ1v) is 7.15. The average molecular weight is 317 g/mol. The van der Waals surface area contributed by atoms with Gasteiger partial charge in [0, 0.05) is 5.69 Å². The number of anilines is 2. The van der Waals surface area contributed by atoms with E-state index in [4.69, 9.17) is 10.5 Å². The molecule has 1 amide bonds. The maximum Gasteiger partial charge on any atom is 0.362 e. The summed E-state index contributed by atoms with van der Waals surface area (Å²) in [7, 11) is 0. The molecule has 2 aromatic rings. The molecular formula is C15H19N5O3. The van der Waals surface area contributed by atoms with Gasteiger partial charge in [-0.05, 0) is 44.0 Å². The molecule has 0 aliphatic heterocycles. The van der Waals surface area contributed by atoms with Gasteiger partial charge in [-0.1, -0.05) is 11.3 Å². The first kappa shape index (κ1) is 16.5. The van der Waals surface area contributed by atoms with Gasteiger partial charge in [0.1, 0.15) is 6.54 Å². The standard InChI is InChI=1S/C15H19N5O3/c1-4-23-15(22)13-14(16)20(19-18-13)8-12(21)17-11-6-9(2)5-10(3)7-11/h5-7H,4,8,16H2,1-3H3,(H,17,21). The molecule has 0 bridgehead atoms. The van der Waals surface area contributed by atoms with Gasteiger partial charge in [0.15, 0.2) is 5.82 Å². The molecular weight excluding hydrogens is 298 g/mol. The number of aryl methyl sites for hydroxylation is 2. The molecule has 0 saturated carbocycles. The molecule has 1 heterocycles. The van der Waals surface area contributed by atoms with Crippen LogP contribution >= 0.6 is 0 Å². The van der Waals surface area contributed by atoms with Gasteiger partial charge in [-0.25, -0.2) is 9.48 Å². The van der Waals surface area contributed by atoms with Crippen molar-refractivity contribution in [1.82, 2.24) is 15.0 Å². The van der Waals surface area contributed by atoms with Crippen molar-refractivity contribution in [2.45, 2.75) is 27.3 Å². The number of nitrogens with two attached hydrogens (primary N) is 1. The molecule has 2 rings (SSSR count). The van der Waals surface area contributed by atoms with E-state index in [0.29, 0.717) is 5.69 Å². The quantitative estimate of drug-likeness (QED) is 0.804. The van der Waals surface area contributed by atoms with Gasteiger partial charge in [-0.15, -0.1) is 5.10 Å². The first-order valence-electron chi connectivity index (χ1n) is 7.15. The summed E-state index contributed by atoms with van der Waals surface area (Å²) >= 11 is 0. The fourth-order valence-corrected chi connectivity index (χ4v) is 2.17. The number of carbonyl (C=O) groups excluding carboxylic acids is 2. The maximum absolute atomic E-state index is 12.1. The molecule has 1 aromatic carbocycles. The number of amides is 1. The van der Waals surface area contributed by atoms with Crippen molar-refractivity contribution in [2.75, 3.05) is 17.7 Å². The van der Waals surface area contributed by atoms with Crippen molar-refractivity contribution < 1.29 is 14.3 Å². The number of esters is 1. The zero-order valence-electron chi connectivity index (χ0n) is 13.3. The highest BCUT2D eigenvalue weighted by atomic mass is 16.5. The number of nitrogen functional groups attached to an aromatic ring is 1. The smallest absolute Gasteiger partial charge is 0.362 e. The van der Waals surface area contributed by atoms with Gasteiger partial charge in [0.05, 0.1) is 6.61 Å². The van der Waals surface area contributed by atoms with Gasteiger partial charge in [0.2, 0.25) is 11.6 Å². The highest BCUT2D eigenvalue weighted by Gasteiger charge is 2.19. The van der Waals surface area contributed by atoms with Gasteiger partial charge in [-0.3, -0.25) is 4.79 Å². The van der Waals surface area contributed by atoms with Crippen molar-refractivity contribution in [3.8, 4) is 0 Å². The molecule has 8 nitrogen and oxygen atoms in total. The third kappa shape index (κ3) is 4.06. The van der Waals surface area contributed by atoms with E-state index in [1.807, 2.05) is 32.0 Å². The van der Waals surface area contributed by atoms with E-state index in [1.165, 1.54) is 0 Å². The number of hydrogen-bond donors (Lipinski definition) is 2. The van der Waals surface area contributed by atoms with Crippen LogP contribution in [0.15, 0.2) is 18.2 Å². The van der Waals surface area contributed by atoms with Crippen LogP contribution in [0.1, 0.15) is 28.5 Å². The lowest BCUT2D eigenvalue weighted by atomic mass is 10.1. The van der Waals surface area contributed by atoms with Crippen LogP contribution in [-0.4, -0.2) is 33.5 Å². The molecule has 122 valence electrons. The SMILES string of the molecule is CCOC(=O)c1nnn(CC(=O)Nc2cc(C)cc(C)c2)c1N. The van der Waals surface area contributed by atoms with E-state index < -0.39 is 5.97 Å². The average Bonchev–Trinajstić information content (AvgIpc) is 2.79. The molecule has 23 heavy (non-hydrogen) atoms. The van der Waals surface area contributed by atoms with E-state index in [9.17, 15) is 9.59 Å². The van der Waals surface area contributed by atoms with Crippen molar-refractivity contribution in [3.63, 3.8) is 0 Å². The maximum atomic E-state index is 12.1. The summed E-state index contributed by atoms with van der Waals surface area (Å²) < 4.78 is 5.97. The number of carbonyl (C=O) groups is 2. The lowest BCUT2D eigenvalue weighted by Crippen LogP contribution is -2.21. The number of benzene rings is 1. The van der Waals surface area contributed by atoms with Gasteiger partial charge >= 0.3 is 5.97 Å². The minimum absolute atomic E-state index is 0.000905. The first-order chi connectivity index (χ1) is 10.9. The molecule has 1 aromatic heterocycles. The summed E-state index contributed by atoms with van der Waals surface area (Å²) in [4.78, 5) is 23.7. The zero-order valence-corrected chi connectivity index (χ0v) is 13.3. The van der Waals surface area contributed by atoms with Crippen LogP contribution in [-0.2, 0) is 16.1 Å². The van der Waals surface area contributed by atoms with Crippen LogP contribution in [0.2, 0.25) is 0 Å². The summed E-state index contributed by atoms with van der Waals surface area (Å²) in [6.07, 6.45) is 0. The van der Waals surface area contributed by atoms with Crippen molar-refractivity contribution in [1.29, 1.82) is 0 Å². The lowest BCUT2D eigenvalue weighted by Gasteiger charge is -2.08. The number of hydrogen-bond acceptors (Lipinski definition) is 6. The Kier molecular flexibility index (Phi) is 4.95. The normalized spacial score (nSPS) is 10.4. The van der Waals surface area contributed by atoms with E-state index in [0.717, 1.165) is 15.8 Å². The Balaban J connectivity index is 2.07. The molecule has 8 heteroatoms.